The lowest BCUT2D eigenvalue weighted by molar-refractivity contribution is -0.119. The number of amides is 1. The summed E-state index contributed by atoms with van der Waals surface area (Å²) in [6.07, 6.45) is 0.556. The van der Waals surface area contributed by atoms with Crippen molar-refractivity contribution < 1.29 is 9.90 Å². The maximum atomic E-state index is 9.50. The van der Waals surface area contributed by atoms with Gasteiger partial charge in [0.2, 0.25) is 6.41 Å². The van der Waals surface area contributed by atoms with Gasteiger partial charge in [-0.15, -0.1) is 0 Å². The Morgan fingerprint density at radius 3 is 2.50 bits per heavy atom. The van der Waals surface area contributed by atoms with Crippen molar-refractivity contribution >= 4 is 6.41 Å². The van der Waals surface area contributed by atoms with Crippen LogP contribution < -0.4 is 0 Å². The molecule has 0 bridgehead atoms. The van der Waals surface area contributed by atoms with Crippen LogP contribution in [0.1, 0.15) is 0 Å². The molecule has 0 aliphatic heterocycles. The van der Waals surface area contributed by atoms with Gasteiger partial charge in [0, 0.05) is 7.05 Å². The highest BCUT2D eigenvalue weighted by Crippen LogP contribution is 1.62. The highest BCUT2D eigenvalue weighted by molar-refractivity contribution is 5.45. The van der Waals surface area contributed by atoms with Gasteiger partial charge in [0.25, 0.3) is 0 Å². The predicted molar refractivity (Wildman–Crippen MR) is 20.9 cm³/mol. The van der Waals surface area contributed by atoms with Crippen molar-refractivity contribution in [3.8, 4) is 0 Å². The molecule has 0 fully saturated rings. The number of aliphatic hydroxyl groups is 1. The molecule has 0 rings (SSSR count). The van der Waals surface area contributed by atoms with E-state index in [-0.39, 0.29) is 6.73 Å². The fraction of sp³-hybridized carbons (Fsp3) is 0.667. The van der Waals surface area contributed by atoms with Crippen LogP contribution in [-0.2, 0) is 4.79 Å². The van der Waals surface area contributed by atoms with E-state index >= 15 is 0 Å². The maximum absolute atomic E-state index is 9.50. The van der Waals surface area contributed by atoms with Gasteiger partial charge in [-0.3, -0.25) is 4.79 Å². The summed E-state index contributed by atoms with van der Waals surface area (Å²) >= 11 is 0. The van der Waals surface area contributed by atoms with Gasteiger partial charge in [0.1, 0.15) is 6.73 Å². The van der Waals surface area contributed by atoms with Crippen molar-refractivity contribution in [1.82, 2.24) is 4.90 Å². The third kappa shape index (κ3) is 1.72. The molecule has 0 saturated carbocycles. The van der Waals surface area contributed by atoms with Crippen LogP contribution in [0.5, 0.6) is 0 Å². The first-order valence-corrected chi connectivity index (χ1v) is 1.57. The molecule has 0 aromatic heterocycles. The van der Waals surface area contributed by atoms with E-state index in [1.807, 2.05) is 0 Å². The number of hydrogen-bond acceptors (Lipinski definition) is 2. The van der Waals surface area contributed by atoms with Crippen molar-refractivity contribution in [2.45, 2.75) is 0 Å². The van der Waals surface area contributed by atoms with E-state index in [0.717, 1.165) is 4.90 Å². The molecule has 1 amide bonds. The van der Waals surface area contributed by atoms with Crippen molar-refractivity contribution in [2.24, 2.45) is 0 Å². The normalized spacial score (nSPS) is 7.67. The first kappa shape index (κ1) is 5.43. The molecule has 0 spiro atoms. The average molecular weight is 89.1 g/mol. The molecule has 36 valence electrons. The minimum Gasteiger partial charge on any atom is -0.376 e. The molecule has 6 heavy (non-hydrogen) atoms. The van der Waals surface area contributed by atoms with E-state index in [0.29, 0.717) is 6.41 Å². The second-order valence-corrected chi connectivity index (χ2v) is 1.00. The second-order valence-electron chi connectivity index (χ2n) is 1.00. The molecule has 0 aliphatic carbocycles. The second kappa shape index (κ2) is 2.66. The van der Waals surface area contributed by atoms with Crippen molar-refractivity contribution in [3.05, 3.63) is 0 Å². The quantitative estimate of drug-likeness (QED) is 0.349. The Hall–Kier alpha value is -0.570. The zero-order valence-corrected chi connectivity index (χ0v) is 3.59. The van der Waals surface area contributed by atoms with Crippen molar-refractivity contribution in [1.29, 1.82) is 0 Å². The minimum absolute atomic E-state index is 0.205. The Bertz CT molecular complexity index is 46.1. The van der Waals surface area contributed by atoms with Crippen LogP contribution in [0.3, 0.4) is 0 Å². The van der Waals surface area contributed by atoms with Gasteiger partial charge in [-0.1, -0.05) is 0 Å². The van der Waals surface area contributed by atoms with E-state index in [1.165, 1.54) is 7.05 Å². The Morgan fingerprint density at radius 2 is 2.50 bits per heavy atom. The van der Waals surface area contributed by atoms with Crippen LogP contribution in [0.15, 0.2) is 0 Å². The Labute approximate surface area is 36.2 Å². The van der Waals surface area contributed by atoms with Gasteiger partial charge >= 0.3 is 0 Å². The largest absolute Gasteiger partial charge is 0.376 e. The molecule has 0 atom stereocenters. The van der Waals surface area contributed by atoms with Gasteiger partial charge in [-0.05, 0) is 0 Å². The molecule has 0 saturated heterocycles. The zero-order valence-electron chi connectivity index (χ0n) is 3.59. The van der Waals surface area contributed by atoms with E-state index in [4.69, 9.17) is 5.11 Å². The molecule has 0 unspecified atom stereocenters. The summed E-state index contributed by atoms with van der Waals surface area (Å²) in [5.74, 6) is 0. The summed E-state index contributed by atoms with van der Waals surface area (Å²) in [4.78, 5) is 10.6. The fourth-order valence-corrected chi connectivity index (χ4v) is 0.0333. The third-order valence-electron chi connectivity index (χ3n) is 0.403. The number of nitrogens with zero attached hydrogens (tertiary/aromatic N) is 1. The number of aliphatic hydroxyl groups excluding tert-OH is 1. The highest BCUT2D eigenvalue weighted by atomic mass is 16.3. The van der Waals surface area contributed by atoms with Crippen LogP contribution in [0, 0.1) is 0 Å². The van der Waals surface area contributed by atoms with Crippen LogP contribution in [0.2, 0.25) is 0 Å². The maximum Gasteiger partial charge on any atom is 0.211 e. The minimum atomic E-state index is -0.205. The molecular weight excluding hydrogens is 82.0 g/mol. The first-order chi connectivity index (χ1) is 2.81. The first-order valence-electron chi connectivity index (χ1n) is 1.57. The Kier molecular flexibility index (Phi) is 2.40. The molecule has 0 aromatic carbocycles. The SMILES string of the molecule is CN(C=O)CO. The van der Waals surface area contributed by atoms with Crippen molar-refractivity contribution in [3.63, 3.8) is 0 Å². The number of rotatable bonds is 2. The summed E-state index contributed by atoms with van der Waals surface area (Å²) in [6, 6.07) is 0. The summed E-state index contributed by atoms with van der Waals surface area (Å²) in [5.41, 5.74) is 0. The van der Waals surface area contributed by atoms with Crippen molar-refractivity contribution in [2.75, 3.05) is 13.8 Å². The van der Waals surface area contributed by atoms with E-state index in [2.05, 4.69) is 0 Å². The molecule has 0 aromatic rings. The number of carbonyl (C=O) groups excluding carboxylic acids is 1. The van der Waals surface area contributed by atoms with Gasteiger partial charge in [-0.25, -0.2) is 0 Å². The predicted octanol–water partition coefficient (Wildman–Crippen LogP) is -0.976. The molecule has 0 radical (unpaired) electrons. The van der Waals surface area contributed by atoms with Gasteiger partial charge in [-0.2, -0.15) is 0 Å². The number of hydrogen-bond donors (Lipinski definition) is 1. The fourth-order valence-electron chi connectivity index (χ4n) is 0.0333. The van der Waals surface area contributed by atoms with E-state index in [1.54, 1.807) is 0 Å². The molecule has 3 heteroatoms. The van der Waals surface area contributed by atoms with Crippen LogP contribution >= 0.6 is 0 Å². The molecule has 3 nitrogen and oxygen atoms in total. The van der Waals surface area contributed by atoms with Gasteiger partial charge in [0.05, 0.1) is 0 Å². The lowest BCUT2D eigenvalue weighted by Gasteiger charge is -2.00. The number of carbonyl (C=O) groups is 1. The smallest absolute Gasteiger partial charge is 0.211 e. The van der Waals surface area contributed by atoms with E-state index in [9.17, 15) is 4.79 Å². The summed E-state index contributed by atoms with van der Waals surface area (Å²) in [6.45, 7) is -0.205. The summed E-state index contributed by atoms with van der Waals surface area (Å²) in [5, 5.41) is 8.03. The van der Waals surface area contributed by atoms with Gasteiger partial charge < -0.3 is 10.0 Å². The molecular formula is C3H7NO2. The Morgan fingerprint density at radius 1 is 2.00 bits per heavy atom. The van der Waals surface area contributed by atoms with Crippen LogP contribution in [-0.4, -0.2) is 30.2 Å². The highest BCUT2D eigenvalue weighted by Gasteiger charge is 1.80. The summed E-state index contributed by atoms with van der Waals surface area (Å²) < 4.78 is 0. The van der Waals surface area contributed by atoms with Crippen LogP contribution in [0.25, 0.3) is 0 Å². The topological polar surface area (TPSA) is 40.5 Å². The molecule has 0 aliphatic rings. The Balaban J connectivity index is 2.96. The third-order valence-corrected chi connectivity index (χ3v) is 0.403. The monoisotopic (exact) mass is 89.0 g/mol. The van der Waals surface area contributed by atoms with Gasteiger partial charge in [0.15, 0.2) is 0 Å². The van der Waals surface area contributed by atoms with E-state index < -0.39 is 0 Å². The molecule has 0 heterocycles. The summed E-state index contributed by atoms with van der Waals surface area (Å²) in [7, 11) is 1.49. The zero-order chi connectivity index (χ0) is 4.99. The lowest BCUT2D eigenvalue weighted by Crippen LogP contribution is -2.15. The van der Waals surface area contributed by atoms with Crippen LogP contribution in [0.4, 0.5) is 0 Å². The standard InChI is InChI=1S/C3H7NO2/c1-4(2-5)3-6/h2,6H,3H2,1H3. The average Bonchev–Trinajstić information content (AvgIpc) is 1.65. The molecule has 1 N–H and O–H groups in total. The lowest BCUT2D eigenvalue weighted by atomic mass is 10.9.